The number of rotatable bonds is 3. The largest absolute Gasteiger partial charge is 0.467 e. The molecule has 5 heteroatoms. The van der Waals surface area contributed by atoms with E-state index >= 15 is 0 Å². The number of hydrogen-bond acceptors (Lipinski definition) is 2. The Labute approximate surface area is 118 Å². The number of aryl methyl sites for hydroxylation is 1. The fourth-order valence-electron chi connectivity index (χ4n) is 1.46. The topological polar surface area (TPSA) is 25.2 Å². The standard InChI is InChI=1S/C12H10BrCl2NO/c1-7-2-3-17-11(7)6-16-12-9(14)4-8(13)5-10(12)15/h2-5,16H,6H2,1H3. The zero-order valence-electron chi connectivity index (χ0n) is 9.06. The molecule has 1 N–H and O–H groups in total. The molecule has 0 saturated carbocycles. The molecule has 0 saturated heterocycles. The van der Waals surface area contributed by atoms with Crippen LogP contribution in [-0.4, -0.2) is 0 Å². The van der Waals surface area contributed by atoms with Gasteiger partial charge in [0.2, 0.25) is 0 Å². The lowest BCUT2D eigenvalue weighted by molar-refractivity contribution is 0.515. The number of hydrogen-bond donors (Lipinski definition) is 1. The van der Waals surface area contributed by atoms with Gasteiger partial charge in [-0.3, -0.25) is 0 Å². The third-order valence-corrected chi connectivity index (χ3v) is 3.45. The molecular weight excluding hydrogens is 325 g/mol. The molecule has 1 heterocycles. The van der Waals surface area contributed by atoms with Gasteiger partial charge in [-0.05, 0) is 30.7 Å². The van der Waals surface area contributed by atoms with E-state index in [1.54, 1.807) is 18.4 Å². The van der Waals surface area contributed by atoms with Crippen molar-refractivity contribution in [1.29, 1.82) is 0 Å². The van der Waals surface area contributed by atoms with Gasteiger partial charge in [-0.25, -0.2) is 0 Å². The molecule has 90 valence electrons. The van der Waals surface area contributed by atoms with Crippen LogP contribution in [0.2, 0.25) is 10.0 Å². The van der Waals surface area contributed by atoms with Crippen molar-refractivity contribution in [3.05, 3.63) is 50.3 Å². The minimum atomic E-state index is 0.555. The number of anilines is 1. The van der Waals surface area contributed by atoms with Crippen LogP contribution in [0, 0.1) is 6.92 Å². The molecule has 0 aliphatic rings. The molecule has 1 aromatic carbocycles. The van der Waals surface area contributed by atoms with Crippen LogP contribution in [0.3, 0.4) is 0 Å². The summed E-state index contributed by atoms with van der Waals surface area (Å²) in [6.45, 7) is 2.55. The normalized spacial score (nSPS) is 10.6. The van der Waals surface area contributed by atoms with Crippen LogP contribution in [0.4, 0.5) is 5.69 Å². The molecule has 0 atom stereocenters. The predicted octanol–water partition coefficient (Wildman–Crippen LogP) is 5.27. The van der Waals surface area contributed by atoms with Gasteiger partial charge in [-0.15, -0.1) is 0 Å². The molecular formula is C12H10BrCl2NO. The summed E-state index contributed by atoms with van der Waals surface area (Å²) in [7, 11) is 0. The molecule has 2 rings (SSSR count). The van der Waals surface area contributed by atoms with E-state index in [0.29, 0.717) is 22.3 Å². The third kappa shape index (κ3) is 2.97. The maximum absolute atomic E-state index is 6.11. The summed E-state index contributed by atoms with van der Waals surface area (Å²) in [4.78, 5) is 0. The molecule has 0 radical (unpaired) electrons. The van der Waals surface area contributed by atoms with E-state index in [0.717, 1.165) is 15.8 Å². The smallest absolute Gasteiger partial charge is 0.125 e. The molecule has 2 aromatic rings. The Morgan fingerprint density at radius 1 is 1.29 bits per heavy atom. The number of halogens is 3. The monoisotopic (exact) mass is 333 g/mol. The lowest BCUT2D eigenvalue weighted by atomic mass is 10.2. The molecule has 0 unspecified atom stereocenters. The summed E-state index contributed by atoms with van der Waals surface area (Å²) in [5.41, 5.74) is 1.81. The highest BCUT2D eigenvalue weighted by Gasteiger charge is 2.08. The molecule has 0 spiro atoms. The second-order valence-corrected chi connectivity index (χ2v) is 5.35. The lowest BCUT2D eigenvalue weighted by Gasteiger charge is -2.10. The summed E-state index contributed by atoms with van der Waals surface area (Å²) in [6, 6.07) is 5.51. The van der Waals surface area contributed by atoms with Gasteiger partial charge in [-0.2, -0.15) is 0 Å². The molecule has 0 bridgehead atoms. The van der Waals surface area contributed by atoms with E-state index in [2.05, 4.69) is 21.2 Å². The van der Waals surface area contributed by atoms with E-state index in [1.165, 1.54) is 0 Å². The minimum absolute atomic E-state index is 0.555. The van der Waals surface area contributed by atoms with Gasteiger partial charge in [0.1, 0.15) is 5.76 Å². The van der Waals surface area contributed by atoms with Gasteiger partial charge in [0.05, 0.1) is 28.5 Å². The number of benzene rings is 1. The van der Waals surface area contributed by atoms with Gasteiger partial charge in [0.15, 0.2) is 0 Å². The van der Waals surface area contributed by atoms with Crippen molar-refractivity contribution in [1.82, 2.24) is 0 Å². The Kier molecular flexibility index (Phi) is 4.02. The van der Waals surface area contributed by atoms with Gasteiger partial charge < -0.3 is 9.73 Å². The predicted molar refractivity (Wildman–Crippen MR) is 74.9 cm³/mol. The van der Waals surface area contributed by atoms with Crippen molar-refractivity contribution in [2.24, 2.45) is 0 Å². The maximum atomic E-state index is 6.11. The quantitative estimate of drug-likeness (QED) is 0.827. The Balaban J connectivity index is 2.17. The molecule has 0 amide bonds. The van der Waals surface area contributed by atoms with Gasteiger partial charge >= 0.3 is 0 Å². The van der Waals surface area contributed by atoms with E-state index in [9.17, 15) is 0 Å². The molecule has 0 aliphatic heterocycles. The fourth-order valence-corrected chi connectivity index (χ4v) is 2.81. The van der Waals surface area contributed by atoms with Crippen LogP contribution in [0.5, 0.6) is 0 Å². The number of nitrogens with one attached hydrogen (secondary N) is 1. The molecule has 1 aromatic heterocycles. The van der Waals surface area contributed by atoms with Crippen LogP contribution >= 0.6 is 39.1 Å². The lowest BCUT2D eigenvalue weighted by Crippen LogP contribution is -2.00. The van der Waals surface area contributed by atoms with Crippen molar-refractivity contribution in [3.63, 3.8) is 0 Å². The van der Waals surface area contributed by atoms with E-state index in [-0.39, 0.29) is 0 Å². The summed E-state index contributed by atoms with van der Waals surface area (Å²) in [6.07, 6.45) is 1.66. The van der Waals surface area contributed by atoms with Crippen LogP contribution in [0.15, 0.2) is 33.4 Å². The SMILES string of the molecule is Cc1ccoc1CNc1c(Cl)cc(Br)cc1Cl. The van der Waals surface area contributed by atoms with Crippen molar-refractivity contribution in [2.75, 3.05) is 5.32 Å². The van der Waals surface area contributed by atoms with E-state index in [1.807, 2.05) is 13.0 Å². The zero-order chi connectivity index (χ0) is 12.4. The zero-order valence-corrected chi connectivity index (χ0v) is 12.2. The first kappa shape index (κ1) is 12.8. The Morgan fingerprint density at radius 2 is 1.94 bits per heavy atom. The van der Waals surface area contributed by atoms with Gasteiger partial charge in [-0.1, -0.05) is 39.1 Å². The minimum Gasteiger partial charge on any atom is -0.467 e. The highest BCUT2D eigenvalue weighted by atomic mass is 79.9. The average molecular weight is 335 g/mol. The first-order valence-electron chi connectivity index (χ1n) is 4.99. The van der Waals surface area contributed by atoms with Gasteiger partial charge in [0, 0.05) is 4.47 Å². The summed E-state index contributed by atoms with van der Waals surface area (Å²) in [5.74, 6) is 0.875. The summed E-state index contributed by atoms with van der Waals surface area (Å²) >= 11 is 15.5. The highest BCUT2D eigenvalue weighted by molar-refractivity contribution is 9.10. The van der Waals surface area contributed by atoms with Crippen molar-refractivity contribution < 1.29 is 4.42 Å². The summed E-state index contributed by atoms with van der Waals surface area (Å²) < 4.78 is 6.19. The first-order chi connectivity index (χ1) is 8.08. The average Bonchev–Trinajstić information content (AvgIpc) is 2.62. The van der Waals surface area contributed by atoms with Crippen LogP contribution in [0.25, 0.3) is 0 Å². The fraction of sp³-hybridized carbons (Fsp3) is 0.167. The molecule has 2 nitrogen and oxygen atoms in total. The number of furan rings is 1. The van der Waals surface area contributed by atoms with E-state index < -0.39 is 0 Å². The third-order valence-electron chi connectivity index (χ3n) is 2.40. The van der Waals surface area contributed by atoms with Crippen LogP contribution in [0.1, 0.15) is 11.3 Å². The Morgan fingerprint density at radius 3 is 2.47 bits per heavy atom. The van der Waals surface area contributed by atoms with Crippen molar-refractivity contribution in [2.45, 2.75) is 13.5 Å². The maximum Gasteiger partial charge on any atom is 0.125 e. The second-order valence-electron chi connectivity index (χ2n) is 3.62. The second kappa shape index (κ2) is 5.34. The van der Waals surface area contributed by atoms with Crippen molar-refractivity contribution in [3.8, 4) is 0 Å². The van der Waals surface area contributed by atoms with E-state index in [4.69, 9.17) is 27.6 Å². The van der Waals surface area contributed by atoms with Crippen LogP contribution in [-0.2, 0) is 6.54 Å². The molecule has 0 aliphatic carbocycles. The Hall–Kier alpha value is -0.640. The van der Waals surface area contributed by atoms with Crippen LogP contribution < -0.4 is 5.32 Å². The molecule has 0 fully saturated rings. The first-order valence-corrected chi connectivity index (χ1v) is 6.54. The van der Waals surface area contributed by atoms with Crippen molar-refractivity contribution >= 4 is 44.8 Å². The van der Waals surface area contributed by atoms with Gasteiger partial charge in [0.25, 0.3) is 0 Å². The Bertz CT molecular complexity index is 516. The summed E-state index contributed by atoms with van der Waals surface area (Å²) in [5, 5.41) is 4.33. The highest BCUT2D eigenvalue weighted by Crippen LogP contribution is 2.34. The molecule has 17 heavy (non-hydrogen) atoms.